The molecule has 0 unspecified atom stereocenters. The molecule has 1 aliphatic carbocycles. The minimum absolute atomic E-state index is 0.00555. The molecule has 4 rings (SSSR count). The molecule has 2 aliphatic rings. The third kappa shape index (κ3) is 11.3. The Morgan fingerprint density at radius 2 is 1.27 bits per heavy atom. The molecule has 0 aromatic heterocycles. The number of ketones is 1. The Kier molecular flexibility index (Phi) is 23.9. The van der Waals surface area contributed by atoms with Crippen LogP contribution in [0.5, 0.6) is 0 Å². The van der Waals surface area contributed by atoms with E-state index in [9.17, 15) is 9.59 Å². The number of hydrogen-bond donors (Lipinski definition) is 0. The van der Waals surface area contributed by atoms with Gasteiger partial charge in [0.25, 0.3) is 0 Å². The second-order valence-corrected chi connectivity index (χ2v) is 9.86. The van der Waals surface area contributed by atoms with Gasteiger partial charge in [-0.25, -0.2) is 0 Å². The van der Waals surface area contributed by atoms with Crippen LogP contribution in [0.3, 0.4) is 0 Å². The van der Waals surface area contributed by atoms with Gasteiger partial charge in [-0.3, -0.25) is 0 Å². The quantitative estimate of drug-likeness (QED) is 0.253. The van der Waals surface area contributed by atoms with Gasteiger partial charge in [0.15, 0.2) is 0 Å². The van der Waals surface area contributed by atoms with Crippen molar-refractivity contribution >= 4 is 15.8 Å². The number of nitrogens with zero attached hydrogens (tertiary/aromatic N) is 1. The molecule has 1 saturated heterocycles. The van der Waals surface area contributed by atoms with Crippen molar-refractivity contribution in [3.8, 4) is 0 Å². The van der Waals surface area contributed by atoms with Crippen LogP contribution in [0, 0.1) is 45.1 Å². The van der Waals surface area contributed by atoms with Gasteiger partial charge in [0, 0.05) is 0 Å². The normalized spacial score (nSPS) is 20.0. The maximum absolute atomic E-state index is 13.6. The van der Waals surface area contributed by atoms with Gasteiger partial charge in [0.1, 0.15) is 0 Å². The van der Waals surface area contributed by atoms with E-state index in [0.717, 1.165) is 41.1 Å². The number of carbonyl (C=O) groups excluding carboxylic acids is 2. The molecular formula is C31H29NO8W. The molecule has 1 aliphatic heterocycles. The number of amides is 1. The fraction of sp³-hybridized carbons (Fsp3) is 0.355. The predicted octanol–water partition coefficient (Wildman–Crippen LogP) is 3.91. The van der Waals surface area contributed by atoms with Gasteiger partial charge in [0.05, 0.1) is 0 Å². The summed E-state index contributed by atoms with van der Waals surface area (Å²) in [4.78, 5) is 29.1. The first-order valence-electron chi connectivity index (χ1n) is 12.2. The predicted molar refractivity (Wildman–Crippen MR) is 137 cm³/mol. The van der Waals surface area contributed by atoms with Gasteiger partial charge in [0.2, 0.25) is 0 Å². The number of rotatable bonds is 6. The molecular weight excluding hydrogens is 698 g/mol. The SMILES string of the molecule is CCO[C](=[W])[C@H]1[C@H](c2ccccc2)[C@@H](C(=O)N2CCCC2)C(=O)C[C@@H]1c1ccccc1.[C-]#[O+].[C-]#[O+].[C-]#[O+].[C-]#[O+].[C-]#[O+]. The Morgan fingerprint density at radius 1 is 0.829 bits per heavy atom. The first-order chi connectivity index (χ1) is 20.1. The molecule has 4 atom stereocenters. The van der Waals surface area contributed by atoms with Crippen molar-refractivity contribution in [3.05, 3.63) is 105 Å². The summed E-state index contributed by atoms with van der Waals surface area (Å²) in [6.07, 6.45) is 2.42. The van der Waals surface area contributed by atoms with Crippen molar-refractivity contribution in [3.63, 3.8) is 0 Å². The molecule has 10 heteroatoms. The number of carbonyl (C=O) groups is 2. The number of Topliss-reactive ketones (excluding diaryl/α,β-unsaturated/α-hetero) is 1. The van der Waals surface area contributed by atoms with Gasteiger partial charge < -0.3 is 0 Å². The van der Waals surface area contributed by atoms with E-state index in [1.165, 1.54) is 19.4 Å². The Labute approximate surface area is 251 Å². The standard InChI is InChI=1S/C26H29NO3.5CO.W/c1-2-30-18-22-21(19-11-5-3-6-12-19)17-23(28)25(26(29)27-15-9-10-16-27)24(22)20-13-7-4-8-14-20;5*1-2;/h3-8,11-14,21-22,24-25H,2,9-10,15-17H2,1H3;;;;;;/t21-,22-,24+,25+;;;;;;/m1....../s1. The van der Waals surface area contributed by atoms with Gasteiger partial charge in [-0.15, -0.1) is 0 Å². The summed E-state index contributed by atoms with van der Waals surface area (Å²) in [5.41, 5.74) is 2.20. The van der Waals surface area contributed by atoms with E-state index in [2.05, 4.69) is 57.5 Å². The van der Waals surface area contributed by atoms with Gasteiger partial charge >= 0.3 is 252 Å². The molecule has 212 valence electrons. The van der Waals surface area contributed by atoms with Crippen molar-refractivity contribution < 1.29 is 56.9 Å². The van der Waals surface area contributed by atoms with Crippen LogP contribution < -0.4 is 0 Å². The first kappa shape index (κ1) is 39.9. The third-order valence-corrected chi connectivity index (χ3v) is 8.00. The zero-order chi connectivity index (χ0) is 31.8. The summed E-state index contributed by atoms with van der Waals surface area (Å²) in [5, 5.41) is 0. The zero-order valence-electron chi connectivity index (χ0n) is 22.4. The molecule has 0 N–H and O–H groups in total. The molecule has 1 amide bonds. The molecule has 0 spiro atoms. The van der Waals surface area contributed by atoms with Crippen LogP contribution in [0.1, 0.15) is 49.1 Å². The van der Waals surface area contributed by atoms with Crippen LogP contribution in [0.4, 0.5) is 0 Å². The Morgan fingerprint density at radius 3 is 1.71 bits per heavy atom. The summed E-state index contributed by atoms with van der Waals surface area (Å²) < 4.78 is 44.6. The van der Waals surface area contributed by atoms with Gasteiger partial charge in [-0.2, -0.15) is 0 Å². The summed E-state index contributed by atoms with van der Waals surface area (Å²) >= 11 is 1.27. The Hall–Kier alpha value is -3.20. The summed E-state index contributed by atoms with van der Waals surface area (Å²) in [6.45, 7) is 26.6. The Balaban J connectivity index is 0. The van der Waals surface area contributed by atoms with E-state index in [-0.39, 0.29) is 29.4 Å². The fourth-order valence-corrected chi connectivity index (χ4v) is 6.74. The molecule has 2 fully saturated rings. The molecule has 2 aromatic rings. The zero-order valence-corrected chi connectivity index (χ0v) is 25.4. The van der Waals surface area contributed by atoms with Crippen LogP contribution in [0.25, 0.3) is 0 Å². The Bertz CT molecular complexity index is 1120. The molecule has 1 saturated carbocycles. The van der Waals surface area contributed by atoms with E-state index >= 15 is 0 Å². The van der Waals surface area contributed by atoms with E-state index in [1.807, 2.05) is 48.2 Å². The third-order valence-electron chi connectivity index (χ3n) is 6.60. The summed E-state index contributed by atoms with van der Waals surface area (Å²) in [5.74, 6) is -0.767. The van der Waals surface area contributed by atoms with Crippen molar-refractivity contribution in [1.29, 1.82) is 0 Å². The number of hydrogen-bond acceptors (Lipinski definition) is 3. The first-order valence-corrected chi connectivity index (χ1v) is 13.7. The van der Waals surface area contributed by atoms with E-state index in [1.54, 1.807) is 0 Å². The topological polar surface area (TPSA) is 146 Å². The molecule has 2 aromatic carbocycles. The maximum atomic E-state index is 13.6. The average molecular weight is 727 g/mol. The minimum atomic E-state index is -0.639. The average Bonchev–Trinajstić information content (AvgIpc) is 3.61. The van der Waals surface area contributed by atoms with Crippen LogP contribution in [-0.4, -0.2) is 40.4 Å². The number of ether oxygens (including phenoxy) is 1. The van der Waals surface area contributed by atoms with Crippen LogP contribution in [-0.2, 0) is 56.9 Å². The molecule has 41 heavy (non-hydrogen) atoms. The van der Waals surface area contributed by atoms with Crippen LogP contribution >= 0.6 is 0 Å². The number of likely N-dealkylation sites (tertiary alicyclic amines) is 1. The van der Waals surface area contributed by atoms with Crippen molar-refractivity contribution in [2.75, 3.05) is 19.7 Å². The van der Waals surface area contributed by atoms with E-state index in [0.29, 0.717) is 13.0 Å². The summed E-state index contributed by atoms with van der Waals surface area (Å²) in [6, 6.07) is 20.4. The molecule has 1 heterocycles. The molecule has 0 radical (unpaired) electrons. The number of benzene rings is 2. The fourth-order valence-electron chi connectivity index (χ4n) is 5.20. The molecule has 9 nitrogen and oxygen atoms in total. The van der Waals surface area contributed by atoms with Gasteiger partial charge in [-0.1, -0.05) is 0 Å². The second kappa shape index (κ2) is 24.6. The van der Waals surface area contributed by atoms with Crippen molar-refractivity contribution in [2.45, 2.75) is 38.0 Å². The molecule has 0 bridgehead atoms. The van der Waals surface area contributed by atoms with Gasteiger partial charge in [-0.05, 0) is 0 Å². The van der Waals surface area contributed by atoms with E-state index in [4.69, 9.17) is 28.0 Å². The van der Waals surface area contributed by atoms with Crippen molar-refractivity contribution in [2.24, 2.45) is 11.8 Å². The monoisotopic (exact) mass is 727 g/mol. The van der Waals surface area contributed by atoms with E-state index < -0.39 is 5.92 Å². The summed E-state index contributed by atoms with van der Waals surface area (Å²) in [7, 11) is 0. The van der Waals surface area contributed by atoms with Crippen LogP contribution in [0.2, 0.25) is 0 Å². The van der Waals surface area contributed by atoms with Crippen LogP contribution in [0.15, 0.2) is 60.7 Å². The van der Waals surface area contributed by atoms with Crippen molar-refractivity contribution in [1.82, 2.24) is 4.90 Å². The second-order valence-electron chi connectivity index (χ2n) is 8.41.